The SMILES string of the molecule is CC(C)C[C@@H](CC(=O)[C@@H](CCC(=O)O)NC(=O)[C@H]1CC[C@H]2CC[C@@H](NC(=O)[C@@H](Cc3ccc(O)cc3)N3CC[C@@H](N)C3=O)C(=O)N21)C(N)=O. The molecule has 15 nitrogen and oxygen atoms in total. The highest BCUT2D eigenvalue weighted by Crippen LogP contribution is 2.33. The van der Waals surface area contributed by atoms with Crippen molar-refractivity contribution in [2.24, 2.45) is 23.3 Å². The molecule has 0 aromatic heterocycles. The average Bonchev–Trinajstić information content (AvgIpc) is 3.62. The molecule has 3 fully saturated rings. The molecule has 1 aromatic rings. The van der Waals surface area contributed by atoms with Crippen molar-refractivity contribution in [2.75, 3.05) is 6.54 Å². The maximum Gasteiger partial charge on any atom is 0.303 e. The summed E-state index contributed by atoms with van der Waals surface area (Å²) < 4.78 is 0. The first kappa shape index (κ1) is 37.3. The lowest BCUT2D eigenvalue weighted by molar-refractivity contribution is -0.147. The van der Waals surface area contributed by atoms with Crippen molar-refractivity contribution in [3.63, 3.8) is 0 Å². The molecule has 4 rings (SSSR count). The summed E-state index contributed by atoms with van der Waals surface area (Å²) in [6.07, 6.45) is 1.68. The number of Topliss-reactive ketones (excluding diaryl/α,β-unsaturated/α-hetero) is 1. The third kappa shape index (κ3) is 9.34. The predicted molar refractivity (Wildman–Crippen MR) is 175 cm³/mol. The lowest BCUT2D eigenvalue weighted by atomic mass is 9.89. The number of hydrogen-bond acceptors (Lipinski definition) is 9. The summed E-state index contributed by atoms with van der Waals surface area (Å²) in [4.78, 5) is 93.7. The van der Waals surface area contributed by atoms with Crippen molar-refractivity contribution in [1.82, 2.24) is 20.4 Å². The molecule has 0 unspecified atom stereocenters. The van der Waals surface area contributed by atoms with Gasteiger partial charge in [0.2, 0.25) is 29.5 Å². The number of nitrogens with zero attached hydrogens (tertiary/aromatic N) is 2. The zero-order valence-corrected chi connectivity index (χ0v) is 28.0. The number of carbonyl (C=O) groups is 7. The first-order chi connectivity index (χ1) is 23.2. The monoisotopic (exact) mass is 684 g/mol. The van der Waals surface area contributed by atoms with E-state index in [1.54, 1.807) is 12.1 Å². The van der Waals surface area contributed by atoms with Gasteiger partial charge in [-0.25, -0.2) is 0 Å². The molecule has 3 aliphatic heterocycles. The molecule has 8 N–H and O–H groups in total. The summed E-state index contributed by atoms with van der Waals surface area (Å²) in [5, 5.41) is 24.4. The molecule has 0 spiro atoms. The fourth-order valence-electron chi connectivity index (χ4n) is 7.16. The van der Waals surface area contributed by atoms with Gasteiger partial charge in [-0.1, -0.05) is 26.0 Å². The van der Waals surface area contributed by atoms with E-state index in [1.165, 1.54) is 21.9 Å². The molecule has 5 amide bonds. The second-order valence-corrected chi connectivity index (χ2v) is 13.8. The number of ketones is 1. The summed E-state index contributed by atoms with van der Waals surface area (Å²) in [6, 6.07) is 1.17. The van der Waals surface area contributed by atoms with Crippen molar-refractivity contribution in [1.29, 1.82) is 0 Å². The van der Waals surface area contributed by atoms with Crippen LogP contribution in [0.2, 0.25) is 0 Å². The number of hydrogen-bond donors (Lipinski definition) is 6. The number of carboxylic acids is 1. The van der Waals surface area contributed by atoms with Gasteiger partial charge in [-0.05, 0) is 68.6 Å². The van der Waals surface area contributed by atoms with Gasteiger partial charge in [0.05, 0.1) is 12.1 Å². The molecule has 268 valence electrons. The Morgan fingerprint density at radius 1 is 0.980 bits per heavy atom. The highest BCUT2D eigenvalue weighted by molar-refractivity contribution is 5.98. The number of benzene rings is 1. The number of amides is 5. The van der Waals surface area contributed by atoms with E-state index in [-0.39, 0.29) is 49.4 Å². The molecular formula is C34H48N6O9. The molecular weight excluding hydrogens is 636 g/mol. The third-order valence-corrected chi connectivity index (χ3v) is 9.75. The molecule has 3 heterocycles. The average molecular weight is 685 g/mol. The zero-order valence-electron chi connectivity index (χ0n) is 28.0. The molecule has 0 aliphatic carbocycles. The van der Waals surface area contributed by atoms with Gasteiger partial charge in [0.1, 0.15) is 23.9 Å². The number of phenolic OH excluding ortho intramolecular Hbond substituents is 1. The molecule has 15 heteroatoms. The Bertz CT molecular complexity index is 1430. The Labute approximate surface area is 285 Å². The van der Waals surface area contributed by atoms with Gasteiger partial charge >= 0.3 is 5.97 Å². The molecule has 3 saturated heterocycles. The van der Waals surface area contributed by atoms with Crippen LogP contribution in [-0.2, 0) is 40.0 Å². The fraction of sp³-hybridized carbons (Fsp3) is 0.618. The number of fused-ring (bicyclic) bond motifs is 1. The van der Waals surface area contributed by atoms with Crippen LogP contribution in [0.1, 0.15) is 77.2 Å². The van der Waals surface area contributed by atoms with E-state index >= 15 is 0 Å². The number of primary amides is 1. The Balaban J connectivity index is 1.47. The minimum absolute atomic E-state index is 0.0501. The molecule has 1 aromatic carbocycles. The summed E-state index contributed by atoms with van der Waals surface area (Å²) in [5.74, 6) is -4.98. The number of carboxylic acid groups (broad SMARTS) is 1. The standard InChI is InChI=1S/C34H48N6O9/c1-18(2)15-20(30(36)45)17-28(42)24(10-12-29(43)44)37-31(46)26-11-6-21-5-9-25(34(49)40(21)26)38-32(47)27(39-14-13-23(35)33(39)48)16-19-3-7-22(41)8-4-19/h3-4,7-8,18,20-21,23-27,41H,5-6,9-17,35H2,1-2H3,(H2,36,45)(H,37,46)(H,38,47)(H,43,44)/t20-,21+,23+,24+,25+,26+,27+/m0/s1. The molecule has 0 radical (unpaired) electrons. The highest BCUT2D eigenvalue weighted by Gasteiger charge is 2.48. The van der Waals surface area contributed by atoms with Crippen LogP contribution in [0.15, 0.2) is 24.3 Å². The number of piperidine rings is 1. The maximum atomic E-state index is 13.9. The Hall–Kier alpha value is -4.53. The summed E-state index contributed by atoms with van der Waals surface area (Å²) in [5.41, 5.74) is 12.2. The van der Waals surface area contributed by atoms with Crippen molar-refractivity contribution in [2.45, 2.75) is 114 Å². The minimum atomic E-state index is -1.20. The van der Waals surface area contributed by atoms with Gasteiger partial charge in [-0.15, -0.1) is 0 Å². The first-order valence-electron chi connectivity index (χ1n) is 17.0. The van der Waals surface area contributed by atoms with Crippen molar-refractivity contribution in [3.05, 3.63) is 29.8 Å². The second kappa shape index (κ2) is 16.2. The fourth-order valence-corrected chi connectivity index (χ4v) is 7.16. The predicted octanol–water partition coefficient (Wildman–Crippen LogP) is -0.0425. The van der Waals surface area contributed by atoms with Crippen LogP contribution in [-0.4, -0.2) is 104 Å². The van der Waals surface area contributed by atoms with E-state index in [9.17, 15) is 43.8 Å². The smallest absolute Gasteiger partial charge is 0.303 e. The quantitative estimate of drug-likeness (QED) is 0.136. The first-order valence-corrected chi connectivity index (χ1v) is 17.0. The summed E-state index contributed by atoms with van der Waals surface area (Å²) in [6.45, 7) is 4.02. The van der Waals surface area contributed by atoms with Crippen LogP contribution in [0, 0.1) is 11.8 Å². The molecule has 49 heavy (non-hydrogen) atoms. The molecule has 3 aliphatic rings. The molecule has 0 saturated carbocycles. The Morgan fingerprint density at radius 2 is 1.65 bits per heavy atom. The van der Waals surface area contributed by atoms with E-state index in [2.05, 4.69) is 10.6 Å². The van der Waals surface area contributed by atoms with E-state index in [0.29, 0.717) is 44.1 Å². The van der Waals surface area contributed by atoms with E-state index in [0.717, 1.165) is 0 Å². The summed E-state index contributed by atoms with van der Waals surface area (Å²) in [7, 11) is 0. The summed E-state index contributed by atoms with van der Waals surface area (Å²) >= 11 is 0. The number of phenols is 1. The van der Waals surface area contributed by atoms with Gasteiger partial charge in [0.25, 0.3) is 0 Å². The van der Waals surface area contributed by atoms with Crippen LogP contribution < -0.4 is 22.1 Å². The second-order valence-electron chi connectivity index (χ2n) is 13.8. The largest absolute Gasteiger partial charge is 0.508 e. The van der Waals surface area contributed by atoms with Crippen LogP contribution in [0.5, 0.6) is 5.75 Å². The number of aromatic hydroxyl groups is 1. The maximum absolute atomic E-state index is 13.9. The number of aliphatic carboxylic acids is 1. The molecule has 7 atom stereocenters. The highest BCUT2D eigenvalue weighted by atomic mass is 16.4. The number of carbonyl (C=O) groups excluding carboxylic acids is 6. The Morgan fingerprint density at radius 3 is 2.24 bits per heavy atom. The van der Waals surface area contributed by atoms with Gasteiger partial charge in [-0.2, -0.15) is 0 Å². The minimum Gasteiger partial charge on any atom is -0.508 e. The van der Waals surface area contributed by atoms with Crippen molar-refractivity contribution >= 4 is 41.3 Å². The van der Waals surface area contributed by atoms with E-state index in [1.807, 2.05) is 13.8 Å². The van der Waals surface area contributed by atoms with E-state index in [4.69, 9.17) is 11.5 Å². The molecule has 0 bridgehead atoms. The van der Waals surface area contributed by atoms with Gasteiger partial charge in [-0.3, -0.25) is 33.6 Å². The Kier molecular flexibility index (Phi) is 12.4. The number of nitrogens with two attached hydrogens (primary N) is 2. The zero-order chi connectivity index (χ0) is 36.0. The van der Waals surface area contributed by atoms with Gasteiger partial charge in [0, 0.05) is 37.8 Å². The number of likely N-dealkylation sites (tertiary alicyclic amines) is 1. The van der Waals surface area contributed by atoms with Gasteiger partial charge < -0.3 is 42.1 Å². The lowest BCUT2D eigenvalue weighted by Crippen LogP contribution is -2.61. The van der Waals surface area contributed by atoms with Crippen LogP contribution >= 0.6 is 0 Å². The lowest BCUT2D eigenvalue weighted by Gasteiger charge is -2.39. The number of nitrogens with one attached hydrogen (secondary N) is 2. The van der Waals surface area contributed by atoms with Crippen LogP contribution in [0.25, 0.3) is 0 Å². The number of rotatable bonds is 16. The van der Waals surface area contributed by atoms with E-state index < -0.39 is 77.9 Å². The van der Waals surface area contributed by atoms with Crippen molar-refractivity contribution in [3.8, 4) is 5.75 Å². The van der Waals surface area contributed by atoms with Crippen molar-refractivity contribution < 1.29 is 43.8 Å². The van der Waals surface area contributed by atoms with Crippen LogP contribution in [0.4, 0.5) is 0 Å². The topological polar surface area (TPSA) is 243 Å². The van der Waals surface area contributed by atoms with Crippen LogP contribution in [0.3, 0.4) is 0 Å². The van der Waals surface area contributed by atoms with Gasteiger partial charge in [0.15, 0.2) is 5.78 Å². The normalized spacial score (nSPS) is 23.9. The third-order valence-electron chi connectivity index (χ3n) is 9.75.